The third-order valence-corrected chi connectivity index (χ3v) is 4.78. The highest BCUT2D eigenvalue weighted by molar-refractivity contribution is 5.94. The molecule has 0 bridgehead atoms. The highest BCUT2D eigenvalue weighted by Gasteiger charge is 2.08. The summed E-state index contributed by atoms with van der Waals surface area (Å²) in [6.45, 7) is 4.14. The number of aromatic nitrogens is 1. The van der Waals surface area contributed by atoms with Crippen molar-refractivity contribution in [2.24, 2.45) is 4.99 Å². The van der Waals surface area contributed by atoms with Gasteiger partial charge in [0, 0.05) is 44.3 Å². The molecule has 1 amide bonds. The monoisotopic (exact) mass is 403 g/mol. The minimum Gasteiger partial charge on any atom is -0.357 e. The largest absolute Gasteiger partial charge is 0.357 e. The maximum atomic E-state index is 12.2. The predicted octanol–water partition coefficient (Wildman–Crippen LogP) is 3.23. The topological polar surface area (TPSA) is 69.6 Å². The number of hydrogen-bond acceptors (Lipinski definition) is 3. The molecule has 30 heavy (non-hydrogen) atoms. The fourth-order valence-electron chi connectivity index (χ4n) is 3.24. The Labute approximate surface area is 178 Å². The predicted molar refractivity (Wildman–Crippen MR) is 123 cm³/mol. The van der Waals surface area contributed by atoms with Gasteiger partial charge in [-0.3, -0.25) is 9.78 Å². The van der Waals surface area contributed by atoms with Gasteiger partial charge in [0.1, 0.15) is 0 Å². The molecule has 0 fully saturated rings. The third kappa shape index (κ3) is 5.56. The highest BCUT2D eigenvalue weighted by Crippen LogP contribution is 2.16. The summed E-state index contributed by atoms with van der Waals surface area (Å²) >= 11 is 0. The van der Waals surface area contributed by atoms with E-state index in [0.717, 1.165) is 47.5 Å². The van der Waals surface area contributed by atoms with Crippen LogP contribution in [0.1, 0.15) is 28.4 Å². The van der Waals surface area contributed by atoms with Crippen molar-refractivity contribution in [3.63, 3.8) is 0 Å². The molecule has 156 valence electrons. The number of aliphatic imine (C=N–C) groups is 1. The number of amides is 1. The zero-order valence-electron chi connectivity index (χ0n) is 17.9. The van der Waals surface area contributed by atoms with Gasteiger partial charge in [0.15, 0.2) is 5.96 Å². The minimum absolute atomic E-state index is 0.0179. The molecule has 0 spiro atoms. The maximum Gasteiger partial charge on any atom is 0.253 e. The van der Waals surface area contributed by atoms with Gasteiger partial charge < -0.3 is 15.5 Å². The van der Waals surface area contributed by atoms with Crippen LogP contribution in [0.25, 0.3) is 10.9 Å². The van der Waals surface area contributed by atoms with Gasteiger partial charge in [0.05, 0.1) is 12.1 Å². The molecule has 0 aliphatic carbocycles. The van der Waals surface area contributed by atoms with Crippen molar-refractivity contribution >= 4 is 22.8 Å². The van der Waals surface area contributed by atoms with Crippen molar-refractivity contribution in [2.75, 3.05) is 27.2 Å². The SMILES string of the molecule is CCNC(=NCc1ccnc2ccccc12)NCCc1cccc(C(=O)N(C)C)c1. The van der Waals surface area contributed by atoms with Gasteiger partial charge >= 0.3 is 0 Å². The second-order valence-electron chi connectivity index (χ2n) is 7.26. The molecule has 0 unspecified atom stereocenters. The van der Waals surface area contributed by atoms with Crippen LogP contribution in [-0.4, -0.2) is 48.9 Å². The smallest absolute Gasteiger partial charge is 0.253 e. The molecule has 0 saturated heterocycles. The van der Waals surface area contributed by atoms with Crippen LogP contribution in [0.15, 0.2) is 65.8 Å². The Morgan fingerprint density at radius 2 is 1.90 bits per heavy atom. The van der Waals surface area contributed by atoms with Gasteiger partial charge in [-0.15, -0.1) is 0 Å². The van der Waals surface area contributed by atoms with Crippen LogP contribution < -0.4 is 10.6 Å². The Morgan fingerprint density at radius 3 is 2.70 bits per heavy atom. The minimum atomic E-state index is 0.0179. The van der Waals surface area contributed by atoms with E-state index in [1.807, 2.05) is 54.7 Å². The second kappa shape index (κ2) is 10.4. The summed E-state index contributed by atoms with van der Waals surface area (Å²) < 4.78 is 0. The van der Waals surface area contributed by atoms with Gasteiger partial charge in [0.25, 0.3) is 5.91 Å². The number of carbonyl (C=O) groups excluding carboxylic acids is 1. The first-order valence-electron chi connectivity index (χ1n) is 10.2. The fraction of sp³-hybridized carbons (Fsp3) is 0.292. The number of nitrogens with zero attached hydrogens (tertiary/aromatic N) is 3. The van der Waals surface area contributed by atoms with E-state index in [-0.39, 0.29) is 5.91 Å². The Morgan fingerprint density at radius 1 is 1.07 bits per heavy atom. The molecule has 1 heterocycles. The molecular formula is C24H29N5O. The van der Waals surface area contributed by atoms with E-state index in [2.05, 4.69) is 28.6 Å². The van der Waals surface area contributed by atoms with E-state index >= 15 is 0 Å². The molecule has 2 N–H and O–H groups in total. The lowest BCUT2D eigenvalue weighted by Crippen LogP contribution is -2.38. The van der Waals surface area contributed by atoms with Crippen molar-refractivity contribution < 1.29 is 4.79 Å². The normalized spacial score (nSPS) is 11.4. The number of nitrogens with one attached hydrogen (secondary N) is 2. The summed E-state index contributed by atoms with van der Waals surface area (Å²) in [6, 6.07) is 17.9. The van der Waals surface area contributed by atoms with E-state index < -0.39 is 0 Å². The number of pyridine rings is 1. The molecule has 0 atom stereocenters. The first-order chi connectivity index (χ1) is 14.6. The van der Waals surface area contributed by atoms with Crippen LogP contribution in [0.5, 0.6) is 0 Å². The van der Waals surface area contributed by atoms with E-state index in [4.69, 9.17) is 4.99 Å². The molecule has 0 saturated carbocycles. The summed E-state index contributed by atoms with van der Waals surface area (Å²) in [5.41, 5.74) is 3.96. The molecule has 6 heteroatoms. The van der Waals surface area contributed by atoms with Gasteiger partial charge in [-0.1, -0.05) is 30.3 Å². The van der Waals surface area contributed by atoms with Crippen LogP contribution in [0.4, 0.5) is 0 Å². The van der Waals surface area contributed by atoms with E-state index in [9.17, 15) is 4.79 Å². The molecule has 0 radical (unpaired) electrons. The Bertz CT molecular complexity index is 1020. The summed E-state index contributed by atoms with van der Waals surface area (Å²) in [5.74, 6) is 0.795. The fourth-order valence-corrected chi connectivity index (χ4v) is 3.24. The standard InChI is InChI=1S/C24H29N5O/c1-4-25-24(28-17-20-13-15-26-22-11-6-5-10-21(20)22)27-14-12-18-8-7-9-19(16-18)23(30)29(2)3/h5-11,13,15-16H,4,12,14,17H2,1-3H3,(H2,25,27,28). The molecule has 3 aromatic rings. The summed E-state index contributed by atoms with van der Waals surface area (Å²) in [6.07, 6.45) is 2.63. The van der Waals surface area contributed by atoms with Crippen molar-refractivity contribution in [3.05, 3.63) is 77.5 Å². The number of guanidine groups is 1. The van der Waals surface area contributed by atoms with Gasteiger partial charge in [-0.05, 0) is 48.7 Å². The number of para-hydroxylation sites is 1. The Hall–Kier alpha value is -3.41. The van der Waals surface area contributed by atoms with Gasteiger partial charge in [-0.25, -0.2) is 4.99 Å². The average Bonchev–Trinajstić information content (AvgIpc) is 2.77. The molecular weight excluding hydrogens is 374 g/mol. The number of rotatable bonds is 7. The summed E-state index contributed by atoms with van der Waals surface area (Å²) in [5, 5.41) is 7.81. The lowest BCUT2D eigenvalue weighted by molar-refractivity contribution is 0.0827. The number of benzene rings is 2. The van der Waals surface area contributed by atoms with Crippen LogP contribution in [-0.2, 0) is 13.0 Å². The Kier molecular flexibility index (Phi) is 7.38. The maximum absolute atomic E-state index is 12.2. The molecule has 6 nitrogen and oxygen atoms in total. The second-order valence-corrected chi connectivity index (χ2v) is 7.26. The lowest BCUT2D eigenvalue weighted by atomic mass is 10.1. The quantitative estimate of drug-likeness (QED) is 0.469. The van der Waals surface area contributed by atoms with Crippen LogP contribution in [0.3, 0.4) is 0 Å². The lowest BCUT2D eigenvalue weighted by Gasteiger charge is -2.13. The first-order valence-corrected chi connectivity index (χ1v) is 10.2. The molecule has 0 aliphatic rings. The van der Waals surface area contributed by atoms with Crippen molar-refractivity contribution in [2.45, 2.75) is 19.9 Å². The van der Waals surface area contributed by atoms with Gasteiger partial charge in [0.2, 0.25) is 0 Å². The molecule has 1 aromatic heterocycles. The van der Waals surface area contributed by atoms with Crippen molar-refractivity contribution in [1.29, 1.82) is 0 Å². The third-order valence-electron chi connectivity index (χ3n) is 4.78. The number of carbonyl (C=O) groups is 1. The molecule has 0 aliphatic heterocycles. The molecule has 2 aromatic carbocycles. The summed E-state index contributed by atoms with van der Waals surface area (Å²) in [7, 11) is 3.53. The van der Waals surface area contributed by atoms with Crippen LogP contribution >= 0.6 is 0 Å². The van der Waals surface area contributed by atoms with Crippen LogP contribution in [0, 0.1) is 0 Å². The van der Waals surface area contributed by atoms with E-state index in [1.54, 1.807) is 19.0 Å². The molecule has 3 rings (SSSR count). The van der Waals surface area contributed by atoms with Crippen LogP contribution in [0.2, 0.25) is 0 Å². The van der Waals surface area contributed by atoms with E-state index in [1.165, 1.54) is 0 Å². The van der Waals surface area contributed by atoms with Gasteiger partial charge in [-0.2, -0.15) is 0 Å². The zero-order chi connectivity index (χ0) is 21.3. The van der Waals surface area contributed by atoms with Crippen molar-refractivity contribution in [1.82, 2.24) is 20.5 Å². The summed E-state index contributed by atoms with van der Waals surface area (Å²) in [4.78, 5) is 22.9. The van der Waals surface area contributed by atoms with E-state index in [0.29, 0.717) is 12.1 Å². The number of hydrogen-bond donors (Lipinski definition) is 2. The Balaban J connectivity index is 1.63. The highest BCUT2D eigenvalue weighted by atomic mass is 16.2. The number of fused-ring (bicyclic) bond motifs is 1. The zero-order valence-corrected chi connectivity index (χ0v) is 17.9. The average molecular weight is 404 g/mol. The van der Waals surface area contributed by atoms with Crippen molar-refractivity contribution in [3.8, 4) is 0 Å². The first kappa shape index (κ1) is 21.3.